The third-order valence-electron chi connectivity index (χ3n) is 3.82. The lowest BCUT2D eigenvalue weighted by atomic mass is 10.4. The van der Waals surface area contributed by atoms with Crippen LogP contribution in [-0.2, 0) is 0 Å². The lowest BCUT2D eigenvalue weighted by molar-refractivity contribution is 0.282. The first-order valence-electron chi connectivity index (χ1n) is 6.95. The summed E-state index contributed by atoms with van der Waals surface area (Å²) in [5.74, 6) is 1.78. The van der Waals surface area contributed by atoms with Crippen molar-refractivity contribution < 1.29 is 0 Å². The molecule has 0 aromatic rings. The smallest absolute Gasteiger partial charge is 0.191 e. The van der Waals surface area contributed by atoms with Gasteiger partial charge in [-0.2, -0.15) is 0 Å². The Morgan fingerprint density at radius 3 is 2.50 bits per heavy atom. The van der Waals surface area contributed by atoms with Crippen LogP contribution < -0.4 is 10.6 Å². The monoisotopic (exact) mass is 366 g/mol. The van der Waals surface area contributed by atoms with Crippen molar-refractivity contribution in [1.82, 2.24) is 15.5 Å². The Kier molecular flexibility index (Phi) is 6.70. The highest BCUT2D eigenvalue weighted by Crippen LogP contribution is 2.28. The van der Waals surface area contributed by atoms with Gasteiger partial charge >= 0.3 is 0 Å². The second kappa shape index (κ2) is 7.53. The van der Waals surface area contributed by atoms with Gasteiger partial charge in [-0.05, 0) is 31.7 Å². The number of guanidine groups is 1. The Morgan fingerprint density at radius 1 is 1.39 bits per heavy atom. The Morgan fingerprint density at radius 2 is 2.06 bits per heavy atom. The minimum atomic E-state index is 0. The van der Waals surface area contributed by atoms with E-state index in [4.69, 9.17) is 0 Å². The normalized spacial score (nSPS) is 26.8. The summed E-state index contributed by atoms with van der Waals surface area (Å²) in [6.07, 6.45) is 4.06. The van der Waals surface area contributed by atoms with Crippen LogP contribution in [0.1, 0.15) is 33.1 Å². The third-order valence-corrected chi connectivity index (χ3v) is 3.82. The van der Waals surface area contributed by atoms with Crippen LogP contribution in [0.5, 0.6) is 0 Å². The molecule has 2 saturated carbocycles. The van der Waals surface area contributed by atoms with Gasteiger partial charge in [-0.3, -0.25) is 9.89 Å². The molecule has 0 spiro atoms. The zero-order valence-corrected chi connectivity index (χ0v) is 14.1. The first kappa shape index (κ1) is 16.0. The molecule has 0 radical (unpaired) electrons. The largest absolute Gasteiger partial charge is 0.355 e. The van der Waals surface area contributed by atoms with Crippen LogP contribution in [-0.4, -0.2) is 49.6 Å². The fourth-order valence-corrected chi connectivity index (χ4v) is 2.25. The molecule has 106 valence electrons. The van der Waals surface area contributed by atoms with Crippen molar-refractivity contribution in [1.29, 1.82) is 0 Å². The van der Waals surface area contributed by atoms with Gasteiger partial charge in [-0.25, -0.2) is 0 Å². The Bertz CT molecular complexity index is 278. The average Bonchev–Trinajstić information content (AvgIpc) is 3.22. The van der Waals surface area contributed by atoms with E-state index in [0.717, 1.165) is 37.6 Å². The maximum atomic E-state index is 4.26. The van der Waals surface area contributed by atoms with Crippen molar-refractivity contribution in [2.75, 3.05) is 26.7 Å². The van der Waals surface area contributed by atoms with Crippen LogP contribution in [0.2, 0.25) is 0 Å². The van der Waals surface area contributed by atoms with E-state index in [2.05, 4.69) is 34.4 Å². The van der Waals surface area contributed by atoms with E-state index < -0.39 is 0 Å². The summed E-state index contributed by atoms with van der Waals surface area (Å²) in [4.78, 5) is 6.82. The van der Waals surface area contributed by atoms with E-state index >= 15 is 0 Å². The molecule has 0 aromatic carbocycles. The predicted octanol–water partition coefficient (Wildman–Crippen LogP) is 1.66. The van der Waals surface area contributed by atoms with Crippen LogP contribution in [0.4, 0.5) is 0 Å². The van der Waals surface area contributed by atoms with Gasteiger partial charge in [0.05, 0.1) is 0 Å². The van der Waals surface area contributed by atoms with E-state index in [0.29, 0.717) is 6.04 Å². The maximum Gasteiger partial charge on any atom is 0.191 e. The summed E-state index contributed by atoms with van der Waals surface area (Å²) in [6.45, 7) is 7.80. The Labute approximate surface area is 128 Å². The van der Waals surface area contributed by atoms with Crippen LogP contribution in [0.3, 0.4) is 0 Å². The number of halogens is 1. The number of hydrogen-bond acceptors (Lipinski definition) is 2. The van der Waals surface area contributed by atoms with E-state index in [-0.39, 0.29) is 24.0 Å². The van der Waals surface area contributed by atoms with Gasteiger partial charge < -0.3 is 10.6 Å². The zero-order chi connectivity index (χ0) is 12.3. The SMILES string of the molecule is CCN(CCNC(=NC)NC1CC1C)C1CC1.I. The fourth-order valence-electron chi connectivity index (χ4n) is 2.25. The number of hydrogen-bond donors (Lipinski definition) is 2. The predicted molar refractivity (Wildman–Crippen MR) is 87.8 cm³/mol. The third kappa shape index (κ3) is 4.91. The molecule has 0 saturated heterocycles. The first-order chi connectivity index (χ1) is 8.24. The van der Waals surface area contributed by atoms with Crippen LogP contribution >= 0.6 is 24.0 Å². The molecular weight excluding hydrogens is 339 g/mol. The van der Waals surface area contributed by atoms with Crippen molar-refractivity contribution in [3.63, 3.8) is 0 Å². The van der Waals surface area contributed by atoms with Crippen molar-refractivity contribution in [3.05, 3.63) is 0 Å². The van der Waals surface area contributed by atoms with Gasteiger partial charge in [0.15, 0.2) is 5.96 Å². The fraction of sp³-hybridized carbons (Fsp3) is 0.923. The summed E-state index contributed by atoms with van der Waals surface area (Å²) in [5, 5.41) is 6.85. The van der Waals surface area contributed by atoms with Crippen molar-refractivity contribution >= 4 is 29.9 Å². The van der Waals surface area contributed by atoms with Crippen LogP contribution in [0.15, 0.2) is 4.99 Å². The number of likely N-dealkylation sites (N-methyl/N-ethyl adjacent to an activating group) is 1. The van der Waals surface area contributed by atoms with E-state index in [1.807, 2.05) is 7.05 Å². The lowest BCUT2D eigenvalue weighted by Crippen LogP contribution is -2.43. The summed E-state index contributed by atoms with van der Waals surface area (Å²) in [5.41, 5.74) is 0. The summed E-state index contributed by atoms with van der Waals surface area (Å²) >= 11 is 0. The van der Waals surface area contributed by atoms with Crippen molar-refractivity contribution in [2.24, 2.45) is 10.9 Å². The van der Waals surface area contributed by atoms with Crippen molar-refractivity contribution in [3.8, 4) is 0 Å². The Balaban J connectivity index is 0.00000162. The molecule has 0 bridgehead atoms. The van der Waals surface area contributed by atoms with Gasteiger partial charge in [0.25, 0.3) is 0 Å². The molecule has 2 aliphatic rings. The zero-order valence-electron chi connectivity index (χ0n) is 11.8. The van der Waals surface area contributed by atoms with Gasteiger partial charge in [0, 0.05) is 32.2 Å². The van der Waals surface area contributed by atoms with Gasteiger partial charge in [0.2, 0.25) is 0 Å². The summed E-state index contributed by atoms with van der Waals surface area (Å²) < 4.78 is 0. The quantitative estimate of drug-likeness (QED) is 0.427. The molecule has 2 unspecified atom stereocenters. The minimum Gasteiger partial charge on any atom is -0.355 e. The molecule has 0 aliphatic heterocycles. The topological polar surface area (TPSA) is 39.7 Å². The number of aliphatic imine (C=N–C) groups is 1. The highest BCUT2D eigenvalue weighted by molar-refractivity contribution is 14.0. The molecule has 18 heavy (non-hydrogen) atoms. The number of rotatable bonds is 6. The molecule has 0 amide bonds. The summed E-state index contributed by atoms with van der Waals surface area (Å²) in [7, 11) is 1.85. The molecule has 4 nitrogen and oxygen atoms in total. The molecule has 0 aromatic heterocycles. The molecule has 2 atom stereocenters. The molecule has 5 heteroatoms. The highest BCUT2D eigenvalue weighted by Gasteiger charge is 2.33. The van der Waals surface area contributed by atoms with Crippen LogP contribution in [0.25, 0.3) is 0 Å². The van der Waals surface area contributed by atoms with Gasteiger partial charge in [-0.15, -0.1) is 24.0 Å². The first-order valence-corrected chi connectivity index (χ1v) is 6.95. The van der Waals surface area contributed by atoms with Crippen LogP contribution in [0, 0.1) is 5.92 Å². The standard InChI is InChI=1S/C13H26N4.HI/c1-4-17(11-5-6-11)8-7-15-13(14-3)16-12-9-10(12)2;/h10-12H,4-9H2,1-3H3,(H2,14,15,16);1H. The highest BCUT2D eigenvalue weighted by atomic mass is 127. The second-order valence-electron chi connectivity index (χ2n) is 5.32. The lowest BCUT2D eigenvalue weighted by Gasteiger charge is -2.20. The molecule has 2 aliphatic carbocycles. The van der Waals surface area contributed by atoms with E-state index in [1.165, 1.54) is 19.3 Å². The van der Waals surface area contributed by atoms with Crippen molar-refractivity contribution in [2.45, 2.75) is 45.2 Å². The number of nitrogens with zero attached hydrogens (tertiary/aromatic N) is 2. The molecule has 2 fully saturated rings. The molecule has 2 N–H and O–H groups in total. The maximum absolute atomic E-state index is 4.26. The van der Waals surface area contributed by atoms with E-state index in [9.17, 15) is 0 Å². The molecule has 0 heterocycles. The average molecular weight is 366 g/mol. The summed E-state index contributed by atoms with van der Waals surface area (Å²) in [6, 6.07) is 1.51. The second-order valence-corrected chi connectivity index (χ2v) is 5.32. The van der Waals surface area contributed by atoms with Gasteiger partial charge in [0.1, 0.15) is 0 Å². The Hall–Kier alpha value is -0.0400. The van der Waals surface area contributed by atoms with Gasteiger partial charge in [-0.1, -0.05) is 13.8 Å². The molecule has 2 rings (SSSR count). The number of nitrogens with one attached hydrogen (secondary N) is 2. The molecular formula is C13H27IN4. The van der Waals surface area contributed by atoms with E-state index in [1.54, 1.807) is 0 Å². The minimum absolute atomic E-state index is 0.